The number of aliphatic hydroxyl groups excluding tert-OH is 1. The number of anilines is 1. The first-order valence-electron chi connectivity index (χ1n) is 11.5. The van der Waals surface area contributed by atoms with E-state index in [0.717, 1.165) is 61.8 Å². The van der Waals surface area contributed by atoms with Gasteiger partial charge in [-0.3, -0.25) is 0 Å². The van der Waals surface area contributed by atoms with Crippen LogP contribution in [-0.4, -0.2) is 60.4 Å². The van der Waals surface area contributed by atoms with Crippen LogP contribution in [0.2, 0.25) is 0 Å². The number of piperazine rings is 1. The van der Waals surface area contributed by atoms with Gasteiger partial charge < -0.3 is 19.6 Å². The number of hydrogen-bond acceptors (Lipinski definition) is 5. The number of aliphatic hydroxyl groups is 1. The van der Waals surface area contributed by atoms with Gasteiger partial charge in [0.05, 0.1) is 17.9 Å². The summed E-state index contributed by atoms with van der Waals surface area (Å²) in [5, 5.41) is 12.4. The highest BCUT2D eigenvalue weighted by Crippen LogP contribution is 2.33. The van der Waals surface area contributed by atoms with Gasteiger partial charge in [0, 0.05) is 50.2 Å². The largest absolute Gasteiger partial charge is 0.393 e. The Morgan fingerprint density at radius 2 is 1.81 bits per heavy atom. The fourth-order valence-electron chi connectivity index (χ4n) is 4.73. The third-order valence-corrected chi connectivity index (χ3v) is 6.67. The van der Waals surface area contributed by atoms with Crippen LogP contribution in [0.5, 0.6) is 0 Å². The highest BCUT2D eigenvalue weighted by atomic mass is 16.5. The van der Waals surface area contributed by atoms with Crippen molar-refractivity contribution < 1.29 is 9.84 Å². The third-order valence-electron chi connectivity index (χ3n) is 6.67. The number of aromatic nitrogens is 1. The molecule has 2 fully saturated rings. The number of pyridine rings is 1. The lowest BCUT2D eigenvalue weighted by Gasteiger charge is -2.35. The summed E-state index contributed by atoms with van der Waals surface area (Å²) in [6, 6.07) is 19.3. The molecule has 0 aliphatic carbocycles. The van der Waals surface area contributed by atoms with E-state index < -0.39 is 0 Å². The minimum absolute atomic E-state index is 0.0206. The molecule has 5 heteroatoms. The zero-order valence-electron chi connectivity index (χ0n) is 18.2. The summed E-state index contributed by atoms with van der Waals surface area (Å²) < 4.78 is 5.87. The topological polar surface area (TPSA) is 48.8 Å². The molecule has 3 aromatic rings. The zero-order chi connectivity index (χ0) is 21.2. The Balaban J connectivity index is 1.46. The van der Waals surface area contributed by atoms with Gasteiger partial charge in [-0.2, -0.15) is 0 Å². The van der Waals surface area contributed by atoms with Gasteiger partial charge in [-0.25, -0.2) is 4.98 Å². The minimum Gasteiger partial charge on any atom is -0.393 e. The molecule has 2 atom stereocenters. The van der Waals surface area contributed by atoms with E-state index in [0.29, 0.717) is 13.0 Å². The molecule has 2 aliphatic heterocycles. The molecule has 0 unspecified atom stereocenters. The van der Waals surface area contributed by atoms with Gasteiger partial charge in [0.25, 0.3) is 0 Å². The number of benzene rings is 2. The normalized spacial score (nSPS) is 22.7. The van der Waals surface area contributed by atoms with Crippen LogP contribution < -0.4 is 4.90 Å². The molecule has 2 saturated heterocycles. The third kappa shape index (κ3) is 4.31. The van der Waals surface area contributed by atoms with Crippen molar-refractivity contribution in [1.29, 1.82) is 0 Å². The molecule has 5 nitrogen and oxygen atoms in total. The lowest BCUT2D eigenvalue weighted by atomic mass is 9.97. The average Bonchev–Trinajstić information content (AvgIpc) is 2.83. The van der Waals surface area contributed by atoms with Gasteiger partial charge in [0.2, 0.25) is 0 Å². The van der Waals surface area contributed by atoms with E-state index in [2.05, 4.69) is 71.3 Å². The first-order valence-corrected chi connectivity index (χ1v) is 11.5. The van der Waals surface area contributed by atoms with Crippen molar-refractivity contribution in [3.8, 4) is 11.3 Å². The lowest BCUT2D eigenvalue weighted by molar-refractivity contribution is -0.0447. The molecule has 0 radical (unpaired) electrons. The van der Waals surface area contributed by atoms with E-state index in [1.165, 1.54) is 10.8 Å². The maximum atomic E-state index is 9.96. The van der Waals surface area contributed by atoms with Crippen LogP contribution >= 0.6 is 0 Å². The van der Waals surface area contributed by atoms with Crippen LogP contribution in [0.3, 0.4) is 0 Å². The molecule has 3 heterocycles. The molecule has 0 bridgehead atoms. The molecule has 31 heavy (non-hydrogen) atoms. The van der Waals surface area contributed by atoms with E-state index >= 15 is 0 Å². The molecule has 0 amide bonds. The summed E-state index contributed by atoms with van der Waals surface area (Å²) in [6.45, 7) is 8.14. The van der Waals surface area contributed by atoms with Gasteiger partial charge in [0.1, 0.15) is 5.82 Å². The molecular weight excluding hydrogens is 386 g/mol. The van der Waals surface area contributed by atoms with Gasteiger partial charge in [-0.05, 0) is 30.0 Å². The Labute approximate surface area is 184 Å². The average molecular weight is 418 g/mol. The number of rotatable bonds is 4. The molecular formula is C26H31N3O2. The summed E-state index contributed by atoms with van der Waals surface area (Å²) in [5.41, 5.74) is 3.24. The van der Waals surface area contributed by atoms with E-state index in [4.69, 9.17) is 9.72 Å². The maximum Gasteiger partial charge on any atom is 0.137 e. The summed E-state index contributed by atoms with van der Waals surface area (Å²) in [4.78, 5) is 10.1. The number of fused-ring (bicyclic) bond motifs is 1. The number of hydrogen-bond donors (Lipinski definition) is 1. The van der Waals surface area contributed by atoms with Crippen molar-refractivity contribution in [2.75, 3.05) is 44.2 Å². The van der Waals surface area contributed by atoms with Crippen molar-refractivity contribution in [1.82, 2.24) is 9.88 Å². The summed E-state index contributed by atoms with van der Waals surface area (Å²) in [6.07, 6.45) is 1.11. The molecule has 5 rings (SSSR count). The Morgan fingerprint density at radius 1 is 1.03 bits per heavy atom. The van der Waals surface area contributed by atoms with Gasteiger partial charge in [0.15, 0.2) is 0 Å². The number of nitrogens with zero attached hydrogens (tertiary/aromatic N) is 3. The second-order valence-corrected chi connectivity index (χ2v) is 8.63. The Hall–Kier alpha value is -2.47. The van der Waals surface area contributed by atoms with Crippen molar-refractivity contribution in [2.24, 2.45) is 0 Å². The quantitative estimate of drug-likeness (QED) is 0.688. The number of likely N-dealkylation sites (N-methyl/N-ethyl adjacent to an activating group) is 1. The van der Waals surface area contributed by atoms with Crippen molar-refractivity contribution >= 4 is 16.6 Å². The van der Waals surface area contributed by atoms with E-state index in [1.54, 1.807) is 0 Å². The molecule has 1 N–H and O–H groups in total. The monoisotopic (exact) mass is 417 g/mol. The van der Waals surface area contributed by atoms with Crippen LogP contribution in [0.25, 0.3) is 22.0 Å². The molecule has 162 valence electrons. The van der Waals surface area contributed by atoms with Crippen LogP contribution in [-0.2, 0) is 4.74 Å². The van der Waals surface area contributed by atoms with Crippen LogP contribution in [0, 0.1) is 0 Å². The standard InChI is InChI=1S/C26H31N3O2/c1-2-28-12-14-29(15-13-28)26-23-6-4-3-5-21(23)17-24(27-26)19-7-9-20(10-8-19)25-18-22(30)11-16-31-25/h3-10,17,22,25,30H,2,11-16,18H2,1H3/t22-,25-/m0/s1. The second kappa shape index (κ2) is 8.95. The Bertz CT molecular complexity index is 1030. The Morgan fingerprint density at radius 3 is 2.55 bits per heavy atom. The zero-order valence-corrected chi connectivity index (χ0v) is 18.2. The lowest BCUT2D eigenvalue weighted by Crippen LogP contribution is -2.46. The highest BCUT2D eigenvalue weighted by Gasteiger charge is 2.23. The molecule has 1 aromatic heterocycles. The van der Waals surface area contributed by atoms with Gasteiger partial charge in [-0.15, -0.1) is 0 Å². The first kappa shape index (κ1) is 20.4. The van der Waals surface area contributed by atoms with Crippen LogP contribution in [0.4, 0.5) is 5.82 Å². The first-order chi connectivity index (χ1) is 15.2. The second-order valence-electron chi connectivity index (χ2n) is 8.63. The smallest absolute Gasteiger partial charge is 0.137 e. The molecule has 2 aromatic carbocycles. The van der Waals surface area contributed by atoms with E-state index in [1.807, 2.05) is 0 Å². The van der Waals surface area contributed by atoms with Crippen LogP contribution in [0.15, 0.2) is 54.6 Å². The van der Waals surface area contributed by atoms with Gasteiger partial charge >= 0.3 is 0 Å². The van der Waals surface area contributed by atoms with Crippen molar-refractivity contribution in [3.63, 3.8) is 0 Å². The molecule has 0 saturated carbocycles. The minimum atomic E-state index is -0.267. The van der Waals surface area contributed by atoms with E-state index in [9.17, 15) is 5.11 Å². The predicted octanol–water partition coefficient (Wildman–Crippen LogP) is 4.26. The fourth-order valence-corrected chi connectivity index (χ4v) is 4.73. The summed E-state index contributed by atoms with van der Waals surface area (Å²) in [5.74, 6) is 1.09. The molecule has 0 spiro atoms. The fraction of sp³-hybridized carbons (Fsp3) is 0.423. The highest BCUT2D eigenvalue weighted by molar-refractivity contribution is 5.95. The molecule has 2 aliphatic rings. The van der Waals surface area contributed by atoms with Crippen molar-refractivity contribution in [2.45, 2.75) is 32.0 Å². The number of ether oxygens (including phenoxy) is 1. The van der Waals surface area contributed by atoms with Crippen molar-refractivity contribution in [3.05, 3.63) is 60.2 Å². The van der Waals surface area contributed by atoms with Crippen LogP contribution in [0.1, 0.15) is 31.4 Å². The van der Waals surface area contributed by atoms with Gasteiger partial charge in [-0.1, -0.05) is 55.5 Å². The maximum absolute atomic E-state index is 9.96. The predicted molar refractivity (Wildman–Crippen MR) is 125 cm³/mol. The van der Waals surface area contributed by atoms with E-state index in [-0.39, 0.29) is 12.2 Å². The summed E-state index contributed by atoms with van der Waals surface area (Å²) in [7, 11) is 0. The summed E-state index contributed by atoms with van der Waals surface area (Å²) >= 11 is 0. The SMILES string of the molecule is CCN1CCN(c2nc(-c3ccc([C@@H]4C[C@@H](O)CCO4)cc3)cc3ccccc23)CC1. The Kier molecular flexibility index (Phi) is 5.90.